The van der Waals surface area contributed by atoms with Crippen LogP contribution >= 0.6 is 0 Å². The van der Waals surface area contributed by atoms with Crippen molar-refractivity contribution in [3.05, 3.63) is 65.9 Å². The van der Waals surface area contributed by atoms with Crippen LogP contribution in [-0.2, 0) is 11.3 Å². The molecule has 32 heavy (non-hydrogen) atoms. The molecular weight excluding hydrogens is 423 g/mol. The van der Waals surface area contributed by atoms with E-state index in [2.05, 4.69) is 9.72 Å². The molecule has 9 heteroatoms. The number of nitrogens with zero attached hydrogens (tertiary/aromatic N) is 3. The number of ether oxygens (including phenoxy) is 1. The second kappa shape index (κ2) is 7.51. The Kier molecular flexibility index (Phi) is 5.07. The van der Waals surface area contributed by atoms with Crippen LogP contribution in [0.2, 0.25) is 0 Å². The predicted octanol–water partition coefficient (Wildman–Crippen LogP) is 5.19. The summed E-state index contributed by atoms with van der Waals surface area (Å²) in [7, 11) is 0. The van der Waals surface area contributed by atoms with E-state index >= 15 is 0 Å². The van der Waals surface area contributed by atoms with E-state index in [0.717, 1.165) is 39.2 Å². The Hall–Kier alpha value is -3.62. The highest BCUT2D eigenvalue weighted by atomic mass is 19.4. The van der Waals surface area contributed by atoms with Gasteiger partial charge >= 0.3 is 12.4 Å². The predicted molar refractivity (Wildman–Crippen MR) is 112 cm³/mol. The Bertz CT molecular complexity index is 1210. The SMILES string of the molecule is Cc1cc(CN2C(=O)N(c3ccc(OC(F)(F)F)cc3)C(=O)C2(C)C)c2ccccc2n1. The number of rotatable bonds is 4. The number of alkyl halides is 3. The second-order valence-electron chi connectivity index (χ2n) is 8.05. The fourth-order valence-electron chi connectivity index (χ4n) is 3.82. The lowest BCUT2D eigenvalue weighted by molar-refractivity contribution is -0.274. The summed E-state index contributed by atoms with van der Waals surface area (Å²) in [6.07, 6.45) is -4.83. The van der Waals surface area contributed by atoms with Crippen LogP contribution in [0.25, 0.3) is 10.9 Å². The minimum absolute atomic E-state index is 0.167. The number of pyridine rings is 1. The number of aromatic nitrogens is 1. The number of carbonyl (C=O) groups excluding carboxylic acids is 2. The molecule has 3 aromatic rings. The topological polar surface area (TPSA) is 62.7 Å². The monoisotopic (exact) mass is 443 g/mol. The number of fused-ring (bicyclic) bond motifs is 1. The summed E-state index contributed by atoms with van der Waals surface area (Å²) in [4.78, 5) is 33.3. The number of halogens is 3. The van der Waals surface area contributed by atoms with E-state index in [-0.39, 0.29) is 12.2 Å². The largest absolute Gasteiger partial charge is 0.573 e. The van der Waals surface area contributed by atoms with E-state index in [9.17, 15) is 22.8 Å². The van der Waals surface area contributed by atoms with Crippen molar-refractivity contribution in [1.82, 2.24) is 9.88 Å². The minimum Gasteiger partial charge on any atom is -0.406 e. The molecule has 2 heterocycles. The van der Waals surface area contributed by atoms with Gasteiger partial charge in [0.1, 0.15) is 11.3 Å². The van der Waals surface area contributed by atoms with E-state index < -0.39 is 29.6 Å². The van der Waals surface area contributed by atoms with E-state index in [1.807, 2.05) is 37.3 Å². The van der Waals surface area contributed by atoms with Gasteiger partial charge in [0.15, 0.2) is 0 Å². The Morgan fingerprint density at radius 1 is 1.03 bits per heavy atom. The van der Waals surface area contributed by atoms with Gasteiger partial charge in [-0.3, -0.25) is 9.78 Å². The molecule has 0 bridgehead atoms. The van der Waals surface area contributed by atoms with Crippen molar-refractivity contribution in [2.24, 2.45) is 0 Å². The molecule has 0 atom stereocenters. The first-order valence-corrected chi connectivity index (χ1v) is 9.84. The van der Waals surface area contributed by atoms with Gasteiger partial charge in [-0.25, -0.2) is 9.69 Å². The van der Waals surface area contributed by atoms with Crippen molar-refractivity contribution in [2.45, 2.75) is 39.2 Å². The number of benzene rings is 2. The molecule has 3 amide bonds. The van der Waals surface area contributed by atoms with Crippen LogP contribution in [0, 0.1) is 6.92 Å². The molecule has 1 saturated heterocycles. The summed E-state index contributed by atoms with van der Waals surface area (Å²) >= 11 is 0. The molecule has 166 valence electrons. The van der Waals surface area contributed by atoms with Crippen LogP contribution in [-0.4, -0.2) is 33.7 Å². The van der Waals surface area contributed by atoms with E-state index in [1.165, 1.54) is 17.0 Å². The van der Waals surface area contributed by atoms with E-state index in [0.29, 0.717) is 0 Å². The van der Waals surface area contributed by atoms with Gasteiger partial charge in [-0.1, -0.05) is 18.2 Å². The van der Waals surface area contributed by atoms with Gasteiger partial charge in [-0.2, -0.15) is 0 Å². The third kappa shape index (κ3) is 3.86. The summed E-state index contributed by atoms with van der Waals surface area (Å²) in [5.74, 6) is -0.905. The normalized spacial score (nSPS) is 16.2. The summed E-state index contributed by atoms with van der Waals surface area (Å²) in [6, 6.07) is 13.5. The maximum atomic E-state index is 13.3. The molecule has 0 saturated carbocycles. The highest BCUT2D eigenvalue weighted by molar-refractivity contribution is 6.23. The van der Waals surface area contributed by atoms with E-state index in [1.54, 1.807) is 13.8 Å². The summed E-state index contributed by atoms with van der Waals surface area (Å²) in [6.45, 7) is 5.32. The highest BCUT2D eigenvalue weighted by Gasteiger charge is 2.51. The molecular formula is C23H20F3N3O3. The maximum absolute atomic E-state index is 13.3. The average molecular weight is 443 g/mol. The number of aryl methyl sites for hydroxylation is 1. The van der Waals surface area contributed by atoms with Gasteiger partial charge in [0, 0.05) is 17.6 Å². The van der Waals surface area contributed by atoms with Crippen LogP contribution in [0.4, 0.5) is 23.7 Å². The van der Waals surface area contributed by atoms with Crippen LogP contribution in [0.3, 0.4) is 0 Å². The fraction of sp³-hybridized carbons (Fsp3) is 0.261. The molecule has 2 aromatic carbocycles. The second-order valence-corrected chi connectivity index (χ2v) is 8.05. The van der Waals surface area contributed by atoms with E-state index in [4.69, 9.17) is 0 Å². The first-order valence-electron chi connectivity index (χ1n) is 9.84. The number of hydrogen-bond acceptors (Lipinski definition) is 4. The number of imide groups is 1. The molecule has 1 aromatic heterocycles. The Labute approximate surface area is 182 Å². The van der Waals surface area contributed by atoms with Crippen LogP contribution in [0.5, 0.6) is 5.75 Å². The number of para-hydroxylation sites is 1. The molecule has 0 radical (unpaired) electrons. The molecule has 0 aliphatic carbocycles. The van der Waals surface area contributed by atoms with Crippen molar-refractivity contribution in [2.75, 3.05) is 4.90 Å². The Morgan fingerprint density at radius 2 is 1.69 bits per heavy atom. The van der Waals surface area contributed by atoms with Crippen LogP contribution < -0.4 is 9.64 Å². The maximum Gasteiger partial charge on any atom is 0.573 e. The molecule has 4 rings (SSSR count). The molecule has 1 aliphatic heterocycles. The molecule has 0 spiro atoms. The zero-order valence-corrected chi connectivity index (χ0v) is 17.6. The Morgan fingerprint density at radius 3 is 2.34 bits per heavy atom. The lowest BCUT2D eigenvalue weighted by Gasteiger charge is -2.28. The van der Waals surface area contributed by atoms with Gasteiger partial charge in [0.2, 0.25) is 0 Å². The summed E-state index contributed by atoms with van der Waals surface area (Å²) in [5, 5.41) is 0.876. The highest BCUT2D eigenvalue weighted by Crippen LogP contribution is 2.35. The molecule has 0 N–H and O–H groups in total. The van der Waals surface area contributed by atoms with Crippen molar-refractivity contribution in [3.63, 3.8) is 0 Å². The zero-order valence-electron chi connectivity index (χ0n) is 17.6. The van der Waals surface area contributed by atoms with Crippen molar-refractivity contribution < 1.29 is 27.5 Å². The van der Waals surface area contributed by atoms with Crippen molar-refractivity contribution in [1.29, 1.82) is 0 Å². The quantitative estimate of drug-likeness (QED) is 0.521. The lowest BCUT2D eigenvalue weighted by atomic mass is 10.0. The number of carbonyl (C=O) groups is 2. The smallest absolute Gasteiger partial charge is 0.406 e. The molecule has 0 unspecified atom stereocenters. The molecule has 1 aliphatic rings. The van der Waals surface area contributed by atoms with Crippen LogP contribution in [0.15, 0.2) is 54.6 Å². The summed E-state index contributed by atoms with van der Waals surface area (Å²) < 4.78 is 41.1. The first-order chi connectivity index (χ1) is 15.0. The van der Waals surface area contributed by atoms with Gasteiger partial charge in [0.05, 0.1) is 11.2 Å². The average Bonchev–Trinajstić information content (AvgIpc) is 2.87. The minimum atomic E-state index is -4.83. The number of urea groups is 1. The number of hydrogen-bond donors (Lipinski definition) is 0. The van der Waals surface area contributed by atoms with Gasteiger partial charge < -0.3 is 9.64 Å². The van der Waals surface area contributed by atoms with Gasteiger partial charge in [0.25, 0.3) is 5.91 Å². The number of amides is 3. The third-order valence-corrected chi connectivity index (χ3v) is 5.41. The third-order valence-electron chi connectivity index (χ3n) is 5.41. The zero-order chi connectivity index (χ0) is 23.3. The Balaban J connectivity index is 1.66. The van der Waals surface area contributed by atoms with Crippen molar-refractivity contribution >= 4 is 28.5 Å². The fourth-order valence-corrected chi connectivity index (χ4v) is 3.82. The van der Waals surface area contributed by atoms with Crippen molar-refractivity contribution in [3.8, 4) is 5.75 Å². The van der Waals surface area contributed by atoms with Crippen LogP contribution in [0.1, 0.15) is 25.1 Å². The van der Waals surface area contributed by atoms with Gasteiger partial charge in [-0.15, -0.1) is 13.2 Å². The lowest BCUT2D eigenvalue weighted by Crippen LogP contribution is -2.43. The summed E-state index contributed by atoms with van der Waals surface area (Å²) in [5.41, 5.74) is 1.43. The van der Waals surface area contributed by atoms with Gasteiger partial charge in [-0.05, 0) is 62.7 Å². The molecule has 1 fully saturated rings. The molecule has 6 nitrogen and oxygen atoms in total. The number of anilines is 1. The first kappa shape index (κ1) is 21.6. The standard InChI is InChI=1S/C23H20F3N3O3/c1-14-12-15(18-6-4-5-7-19(18)27-14)13-28-21(31)29(20(30)22(28,2)3)16-8-10-17(11-9-16)32-23(24,25)26/h4-12H,13H2,1-3H3.